The summed E-state index contributed by atoms with van der Waals surface area (Å²) in [5.41, 5.74) is 5.66. The molecule has 2 nitrogen and oxygen atoms in total. The van der Waals surface area contributed by atoms with Crippen LogP contribution in [-0.4, -0.2) is 31.1 Å². The van der Waals surface area contributed by atoms with Crippen LogP contribution in [0.5, 0.6) is 0 Å². The quantitative estimate of drug-likeness (QED) is 0.692. The minimum atomic E-state index is 0.749. The average molecular weight is 170 g/mol. The Bertz CT molecular complexity index is 134. The van der Waals surface area contributed by atoms with Gasteiger partial charge in [-0.25, -0.2) is 0 Å². The summed E-state index contributed by atoms with van der Waals surface area (Å²) >= 11 is 0. The van der Waals surface area contributed by atoms with Gasteiger partial charge in [0.25, 0.3) is 0 Å². The van der Waals surface area contributed by atoms with Crippen molar-refractivity contribution in [2.75, 3.05) is 20.1 Å². The van der Waals surface area contributed by atoms with Gasteiger partial charge in [0.05, 0.1) is 0 Å². The first kappa shape index (κ1) is 10.0. The molecule has 0 aliphatic carbocycles. The van der Waals surface area contributed by atoms with Crippen LogP contribution in [0.15, 0.2) is 0 Å². The first-order chi connectivity index (χ1) is 5.63. The van der Waals surface area contributed by atoms with E-state index in [0.29, 0.717) is 0 Å². The number of nitrogens with two attached hydrogens (primary N) is 1. The molecule has 72 valence electrons. The van der Waals surface area contributed by atoms with Gasteiger partial charge < -0.3 is 10.6 Å². The Morgan fingerprint density at radius 3 is 2.58 bits per heavy atom. The van der Waals surface area contributed by atoms with Gasteiger partial charge in [0, 0.05) is 12.6 Å². The number of hydrogen-bond acceptors (Lipinski definition) is 2. The summed E-state index contributed by atoms with van der Waals surface area (Å²) in [6.45, 7) is 6.65. The highest BCUT2D eigenvalue weighted by molar-refractivity contribution is 4.83. The third-order valence-electron chi connectivity index (χ3n) is 2.85. The first-order valence-electron chi connectivity index (χ1n) is 5.03. The van der Waals surface area contributed by atoms with Gasteiger partial charge in [0.2, 0.25) is 0 Å². The van der Waals surface area contributed by atoms with Crippen LogP contribution in [0.2, 0.25) is 0 Å². The van der Waals surface area contributed by atoms with E-state index in [2.05, 4.69) is 25.8 Å². The van der Waals surface area contributed by atoms with Gasteiger partial charge in [-0.3, -0.25) is 0 Å². The van der Waals surface area contributed by atoms with Gasteiger partial charge in [0.1, 0.15) is 0 Å². The summed E-state index contributed by atoms with van der Waals surface area (Å²) < 4.78 is 0. The molecule has 2 N–H and O–H groups in total. The van der Waals surface area contributed by atoms with Gasteiger partial charge in [0.15, 0.2) is 0 Å². The molecule has 1 aliphatic rings. The van der Waals surface area contributed by atoms with Gasteiger partial charge >= 0.3 is 0 Å². The Balaban J connectivity index is 2.35. The molecule has 0 amide bonds. The molecule has 12 heavy (non-hydrogen) atoms. The molecule has 0 aromatic carbocycles. The molecule has 0 saturated carbocycles. The lowest BCUT2D eigenvalue weighted by molar-refractivity contribution is 0.271. The summed E-state index contributed by atoms with van der Waals surface area (Å²) in [6.07, 6.45) is 2.64. The van der Waals surface area contributed by atoms with Crippen LogP contribution in [0.1, 0.15) is 26.7 Å². The second kappa shape index (κ2) is 4.24. The van der Waals surface area contributed by atoms with E-state index in [1.54, 1.807) is 0 Å². The lowest BCUT2D eigenvalue weighted by atomic mass is 9.98. The Morgan fingerprint density at radius 1 is 1.50 bits per heavy atom. The summed E-state index contributed by atoms with van der Waals surface area (Å²) in [6, 6.07) is 0.790. The molecule has 1 aliphatic heterocycles. The predicted octanol–water partition coefficient (Wildman–Crippen LogP) is 1.31. The topological polar surface area (TPSA) is 29.3 Å². The minimum absolute atomic E-state index is 0.749. The summed E-state index contributed by atoms with van der Waals surface area (Å²) in [5.74, 6) is 1.56. The van der Waals surface area contributed by atoms with Crippen LogP contribution in [0, 0.1) is 11.8 Å². The molecule has 0 spiro atoms. The smallest absolute Gasteiger partial charge is 0.00983 e. The standard InChI is InChI=1S/C10H22N2/c1-8(2)4-10-5-9(6-11)7-12(10)3/h8-10H,4-7,11H2,1-3H3. The third kappa shape index (κ3) is 2.46. The second-order valence-corrected chi connectivity index (χ2v) is 4.56. The highest BCUT2D eigenvalue weighted by Crippen LogP contribution is 2.25. The van der Waals surface area contributed by atoms with Crippen LogP contribution in [-0.2, 0) is 0 Å². The highest BCUT2D eigenvalue weighted by atomic mass is 15.2. The molecule has 1 heterocycles. The zero-order valence-corrected chi connectivity index (χ0v) is 8.59. The maximum atomic E-state index is 5.66. The van der Waals surface area contributed by atoms with Crippen molar-refractivity contribution in [1.29, 1.82) is 0 Å². The summed E-state index contributed by atoms with van der Waals surface area (Å²) in [5, 5.41) is 0. The molecule has 1 rings (SSSR count). The molecule has 0 aromatic rings. The summed E-state index contributed by atoms with van der Waals surface area (Å²) in [4.78, 5) is 2.47. The van der Waals surface area contributed by atoms with E-state index in [1.807, 2.05) is 0 Å². The fourth-order valence-corrected chi connectivity index (χ4v) is 2.19. The number of rotatable bonds is 3. The molecule has 0 bridgehead atoms. The monoisotopic (exact) mass is 170 g/mol. The van der Waals surface area contributed by atoms with Crippen molar-refractivity contribution in [2.24, 2.45) is 17.6 Å². The minimum Gasteiger partial charge on any atom is -0.330 e. The van der Waals surface area contributed by atoms with Crippen molar-refractivity contribution in [2.45, 2.75) is 32.7 Å². The van der Waals surface area contributed by atoms with E-state index in [9.17, 15) is 0 Å². The maximum absolute atomic E-state index is 5.66. The van der Waals surface area contributed by atoms with Crippen LogP contribution in [0.25, 0.3) is 0 Å². The van der Waals surface area contributed by atoms with Gasteiger partial charge in [-0.1, -0.05) is 13.8 Å². The maximum Gasteiger partial charge on any atom is 0.00983 e. The van der Waals surface area contributed by atoms with Crippen molar-refractivity contribution >= 4 is 0 Å². The Kier molecular flexibility index (Phi) is 3.53. The largest absolute Gasteiger partial charge is 0.330 e. The van der Waals surface area contributed by atoms with E-state index in [-0.39, 0.29) is 0 Å². The lowest BCUT2D eigenvalue weighted by Gasteiger charge is -2.20. The number of hydrogen-bond donors (Lipinski definition) is 1. The molecule has 0 radical (unpaired) electrons. The third-order valence-corrected chi connectivity index (χ3v) is 2.85. The average Bonchev–Trinajstić information content (AvgIpc) is 2.31. The molecule has 2 unspecified atom stereocenters. The van der Waals surface area contributed by atoms with Crippen molar-refractivity contribution in [3.63, 3.8) is 0 Å². The highest BCUT2D eigenvalue weighted by Gasteiger charge is 2.28. The molecule has 1 saturated heterocycles. The van der Waals surface area contributed by atoms with Crippen molar-refractivity contribution in [3.8, 4) is 0 Å². The molecular weight excluding hydrogens is 148 g/mol. The zero-order valence-electron chi connectivity index (χ0n) is 8.59. The van der Waals surface area contributed by atoms with Crippen LogP contribution >= 0.6 is 0 Å². The molecular formula is C10H22N2. The van der Waals surface area contributed by atoms with Crippen molar-refractivity contribution in [1.82, 2.24) is 4.90 Å². The first-order valence-corrected chi connectivity index (χ1v) is 5.03. The molecule has 1 fully saturated rings. The van der Waals surface area contributed by atoms with E-state index in [0.717, 1.165) is 24.4 Å². The van der Waals surface area contributed by atoms with Crippen LogP contribution in [0.3, 0.4) is 0 Å². The van der Waals surface area contributed by atoms with Crippen molar-refractivity contribution < 1.29 is 0 Å². The zero-order chi connectivity index (χ0) is 9.14. The molecule has 0 aromatic heterocycles. The van der Waals surface area contributed by atoms with Gasteiger partial charge in [-0.2, -0.15) is 0 Å². The number of nitrogens with zero attached hydrogens (tertiary/aromatic N) is 1. The molecule has 2 heteroatoms. The van der Waals surface area contributed by atoms with Crippen LogP contribution in [0.4, 0.5) is 0 Å². The van der Waals surface area contributed by atoms with Crippen LogP contribution < -0.4 is 5.73 Å². The SMILES string of the molecule is CC(C)CC1CC(CN)CN1C. The van der Waals surface area contributed by atoms with E-state index in [1.165, 1.54) is 19.4 Å². The normalized spacial score (nSPS) is 31.8. The van der Waals surface area contributed by atoms with Crippen molar-refractivity contribution in [3.05, 3.63) is 0 Å². The van der Waals surface area contributed by atoms with E-state index in [4.69, 9.17) is 5.73 Å². The predicted molar refractivity (Wildman–Crippen MR) is 53.0 cm³/mol. The fraction of sp³-hybridized carbons (Fsp3) is 1.00. The summed E-state index contributed by atoms with van der Waals surface area (Å²) in [7, 11) is 2.22. The van der Waals surface area contributed by atoms with Gasteiger partial charge in [-0.15, -0.1) is 0 Å². The van der Waals surface area contributed by atoms with E-state index < -0.39 is 0 Å². The lowest BCUT2D eigenvalue weighted by Crippen LogP contribution is -2.26. The van der Waals surface area contributed by atoms with Gasteiger partial charge in [-0.05, 0) is 38.3 Å². The fourth-order valence-electron chi connectivity index (χ4n) is 2.19. The second-order valence-electron chi connectivity index (χ2n) is 4.56. The Hall–Kier alpha value is -0.0800. The Morgan fingerprint density at radius 2 is 2.17 bits per heavy atom. The Labute approximate surface area is 76.1 Å². The number of likely N-dealkylation sites (tertiary alicyclic amines) is 1. The van der Waals surface area contributed by atoms with E-state index >= 15 is 0 Å². The molecule has 2 atom stereocenters.